The third-order valence-electron chi connectivity index (χ3n) is 5.46. The van der Waals surface area contributed by atoms with E-state index in [2.05, 4.69) is 21.8 Å². The summed E-state index contributed by atoms with van der Waals surface area (Å²) in [5.41, 5.74) is 1.61. The zero-order valence-corrected chi connectivity index (χ0v) is 14.8. The van der Waals surface area contributed by atoms with Crippen molar-refractivity contribution in [3.8, 4) is 0 Å². The van der Waals surface area contributed by atoms with Crippen molar-refractivity contribution in [3.05, 3.63) is 24.0 Å². The highest BCUT2D eigenvalue weighted by atomic mass is 16.7. The minimum absolute atomic E-state index is 0.00354. The zero-order valence-electron chi connectivity index (χ0n) is 14.8. The summed E-state index contributed by atoms with van der Waals surface area (Å²) in [7, 11) is 2.14. The molecule has 3 saturated heterocycles. The third-order valence-corrected chi connectivity index (χ3v) is 5.46. The molecule has 0 radical (unpaired) electrons. The maximum absolute atomic E-state index is 12.8. The van der Waals surface area contributed by atoms with Gasteiger partial charge < -0.3 is 24.2 Å². The van der Waals surface area contributed by atoms with Crippen LogP contribution in [0.3, 0.4) is 0 Å². The van der Waals surface area contributed by atoms with Gasteiger partial charge in [-0.05, 0) is 19.2 Å². The van der Waals surface area contributed by atoms with Crippen LogP contribution >= 0.6 is 0 Å². The molecule has 3 aliphatic rings. The number of likely N-dealkylation sites (N-methyl/N-ethyl adjacent to an activating group) is 1. The molecule has 0 saturated carbocycles. The van der Waals surface area contributed by atoms with Crippen LogP contribution in [0.25, 0.3) is 0 Å². The van der Waals surface area contributed by atoms with Crippen LogP contribution in [0.1, 0.15) is 23.3 Å². The maximum Gasteiger partial charge on any atom is 0.272 e. The van der Waals surface area contributed by atoms with Gasteiger partial charge >= 0.3 is 0 Å². The molecule has 1 aromatic rings. The monoisotopic (exact) mass is 346 g/mol. The number of ether oxygens (including phenoxy) is 2. The van der Waals surface area contributed by atoms with E-state index in [4.69, 9.17) is 9.47 Å². The summed E-state index contributed by atoms with van der Waals surface area (Å²) in [6.07, 6.45) is 3.21. The van der Waals surface area contributed by atoms with Gasteiger partial charge in [-0.2, -0.15) is 0 Å². The van der Waals surface area contributed by atoms with Gasteiger partial charge in [-0.15, -0.1) is 0 Å². The number of hydrogen-bond donors (Lipinski definition) is 0. The summed E-state index contributed by atoms with van der Waals surface area (Å²) in [6.45, 7) is 6.66. The van der Waals surface area contributed by atoms with E-state index in [1.165, 1.54) is 0 Å². The molecule has 1 aromatic heterocycles. The highest BCUT2D eigenvalue weighted by Gasteiger charge is 2.41. The van der Waals surface area contributed by atoms with Crippen molar-refractivity contribution in [3.63, 3.8) is 0 Å². The van der Waals surface area contributed by atoms with Gasteiger partial charge in [0.25, 0.3) is 5.91 Å². The number of carbonyl (C=O) groups excluding carboxylic acids is 1. The molecule has 1 amide bonds. The van der Waals surface area contributed by atoms with Gasteiger partial charge in [-0.25, -0.2) is 0 Å². The minimum Gasteiger partial charge on any atom is -0.369 e. The van der Waals surface area contributed by atoms with Crippen LogP contribution < -0.4 is 4.90 Å². The summed E-state index contributed by atoms with van der Waals surface area (Å²) < 4.78 is 11.5. The normalized spacial score (nSPS) is 24.0. The molecule has 0 N–H and O–H groups in total. The Morgan fingerprint density at radius 2 is 1.76 bits per heavy atom. The lowest BCUT2D eigenvalue weighted by Gasteiger charge is -2.37. The van der Waals surface area contributed by atoms with Crippen LogP contribution in [0, 0.1) is 0 Å². The molecule has 136 valence electrons. The van der Waals surface area contributed by atoms with Crippen molar-refractivity contribution >= 4 is 11.6 Å². The average Bonchev–Trinajstić information content (AvgIpc) is 3.10. The zero-order chi connectivity index (χ0) is 17.3. The number of amides is 1. The van der Waals surface area contributed by atoms with E-state index in [1.54, 1.807) is 6.20 Å². The molecule has 4 rings (SSSR count). The Morgan fingerprint density at radius 3 is 2.44 bits per heavy atom. The van der Waals surface area contributed by atoms with Gasteiger partial charge in [0.1, 0.15) is 5.69 Å². The minimum atomic E-state index is -0.452. The van der Waals surface area contributed by atoms with Crippen LogP contribution in [0.2, 0.25) is 0 Å². The van der Waals surface area contributed by atoms with E-state index in [-0.39, 0.29) is 5.91 Å². The first-order valence-electron chi connectivity index (χ1n) is 9.12. The molecule has 4 heterocycles. The molecule has 0 unspecified atom stereocenters. The first-order chi connectivity index (χ1) is 12.2. The molecule has 1 spiro atoms. The van der Waals surface area contributed by atoms with Crippen molar-refractivity contribution in [2.75, 3.05) is 64.4 Å². The van der Waals surface area contributed by atoms with Crippen LogP contribution in [-0.4, -0.2) is 86.0 Å². The summed E-state index contributed by atoms with van der Waals surface area (Å²) in [6, 6.07) is 3.92. The Labute approximate surface area is 148 Å². The second-order valence-electron chi connectivity index (χ2n) is 7.09. The third kappa shape index (κ3) is 3.49. The van der Waals surface area contributed by atoms with Crippen molar-refractivity contribution in [2.24, 2.45) is 0 Å². The highest BCUT2D eigenvalue weighted by molar-refractivity contribution is 5.93. The average molecular weight is 346 g/mol. The first-order valence-corrected chi connectivity index (χ1v) is 9.12. The maximum atomic E-state index is 12.8. The Balaban J connectivity index is 1.41. The number of carbonyl (C=O) groups is 1. The number of piperazine rings is 1. The lowest BCUT2D eigenvalue weighted by atomic mass is 10.0. The van der Waals surface area contributed by atoms with Gasteiger partial charge in [-0.1, -0.05) is 0 Å². The van der Waals surface area contributed by atoms with E-state index in [9.17, 15) is 4.79 Å². The number of piperidine rings is 1. The number of anilines is 1. The first kappa shape index (κ1) is 16.8. The molecular formula is C18H26N4O3. The predicted octanol–water partition coefficient (Wildman–Crippen LogP) is 0.813. The van der Waals surface area contributed by atoms with Crippen molar-refractivity contribution in [1.82, 2.24) is 14.8 Å². The van der Waals surface area contributed by atoms with Gasteiger partial charge in [-0.3, -0.25) is 9.78 Å². The Kier molecular flexibility index (Phi) is 4.62. The summed E-state index contributed by atoms with van der Waals surface area (Å²) >= 11 is 0. The fraction of sp³-hybridized carbons (Fsp3) is 0.667. The van der Waals surface area contributed by atoms with Gasteiger partial charge in [0, 0.05) is 64.0 Å². The molecule has 7 heteroatoms. The van der Waals surface area contributed by atoms with Gasteiger partial charge in [0.15, 0.2) is 5.79 Å². The fourth-order valence-electron chi connectivity index (χ4n) is 3.80. The summed E-state index contributed by atoms with van der Waals surface area (Å²) in [5, 5.41) is 0. The lowest BCUT2D eigenvalue weighted by Crippen LogP contribution is -2.47. The fourth-order valence-corrected chi connectivity index (χ4v) is 3.80. The van der Waals surface area contributed by atoms with E-state index >= 15 is 0 Å². The predicted molar refractivity (Wildman–Crippen MR) is 93.7 cm³/mol. The van der Waals surface area contributed by atoms with E-state index in [0.29, 0.717) is 32.0 Å². The molecule has 7 nitrogen and oxygen atoms in total. The molecule has 0 atom stereocenters. The summed E-state index contributed by atoms with van der Waals surface area (Å²) in [5.74, 6) is -0.449. The van der Waals surface area contributed by atoms with Crippen LogP contribution in [0.15, 0.2) is 18.3 Å². The van der Waals surface area contributed by atoms with Crippen molar-refractivity contribution in [2.45, 2.75) is 18.6 Å². The number of aromatic nitrogens is 1. The number of pyridine rings is 1. The van der Waals surface area contributed by atoms with Crippen molar-refractivity contribution in [1.29, 1.82) is 0 Å². The largest absolute Gasteiger partial charge is 0.369 e. The van der Waals surface area contributed by atoms with Crippen molar-refractivity contribution < 1.29 is 14.3 Å². The Hall–Kier alpha value is -1.70. The molecule has 3 aliphatic heterocycles. The Bertz CT molecular complexity index is 615. The van der Waals surface area contributed by atoms with Crippen LogP contribution in [0.5, 0.6) is 0 Å². The standard InChI is InChI=1S/C18H26N4O3/c1-20-8-10-21(11-9-20)15-2-5-19-16(14-15)17(23)22-6-3-18(4-7-22)24-12-13-25-18/h2,5,14H,3-4,6-13H2,1H3. The number of likely N-dealkylation sites (tertiary alicyclic amines) is 1. The quantitative estimate of drug-likeness (QED) is 0.790. The van der Waals surface area contributed by atoms with Gasteiger partial charge in [0.05, 0.1) is 13.2 Å². The molecule has 0 aliphatic carbocycles. The smallest absolute Gasteiger partial charge is 0.272 e. The molecule has 25 heavy (non-hydrogen) atoms. The molecule has 0 bridgehead atoms. The van der Waals surface area contributed by atoms with Crippen LogP contribution in [0.4, 0.5) is 5.69 Å². The van der Waals surface area contributed by atoms with E-state index in [0.717, 1.165) is 44.7 Å². The highest BCUT2D eigenvalue weighted by Crippen LogP contribution is 2.31. The number of nitrogens with zero attached hydrogens (tertiary/aromatic N) is 4. The van der Waals surface area contributed by atoms with Gasteiger partial charge in [0.2, 0.25) is 0 Å². The van der Waals surface area contributed by atoms with E-state index < -0.39 is 5.79 Å². The second kappa shape index (κ2) is 6.90. The SMILES string of the molecule is CN1CCN(c2ccnc(C(=O)N3CCC4(CC3)OCCO4)c2)CC1. The van der Waals surface area contributed by atoms with E-state index in [1.807, 2.05) is 17.0 Å². The topological polar surface area (TPSA) is 58.1 Å². The Morgan fingerprint density at radius 1 is 1.08 bits per heavy atom. The lowest BCUT2D eigenvalue weighted by molar-refractivity contribution is -0.181. The molecule has 0 aromatic carbocycles. The van der Waals surface area contributed by atoms with Crippen LogP contribution in [-0.2, 0) is 9.47 Å². The summed E-state index contributed by atoms with van der Waals surface area (Å²) in [4.78, 5) is 23.7. The number of hydrogen-bond acceptors (Lipinski definition) is 6. The molecular weight excluding hydrogens is 320 g/mol. The number of rotatable bonds is 2. The molecule has 3 fully saturated rings. The second-order valence-corrected chi connectivity index (χ2v) is 7.09.